The molecule has 0 heterocycles. The first-order valence-corrected chi connectivity index (χ1v) is 7.50. The zero-order chi connectivity index (χ0) is 17.4. The molecule has 0 spiro atoms. The van der Waals surface area contributed by atoms with E-state index in [4.69, 9.17) is 9.47 Å². The van der Waals surface area contributed by atoms with Gasteiger partial charge in [0.15, 0.2) is 0 Å². The number of hydrogen-bond acceptors (Lipinski definition) is 4. The van der Waals surface area contributed by atoms with Crippen LogP contribution in [0.1, 0.15) is 17.3 Å². The Kier molecular flexibility index (Phi) is 6.33. The van der Waals surface area contributed by atoms with Crippen molar-refractivity contribution in [1.82, 2.24) is 0 Å². The highest BCUT2D eigenvalue weighted by molar-refractivity contribution is 6.06. The number of hydrogen-bond donors (Lipinski definition) is 2. The monoisotopic (exact) mass is 328 g/mol. The lowest BCUT2D eigenvalue weighted by atomic mass is 10.2. The van der Waals surface area contributed by atoms with Crippen LogP contribution < -0.4 is 15.4 Å². The molecular formula is C18H20N2O4. The Morgan fingerprint density at radius 1 is 0.917 bits per heavy atom. The van der Waals surface area contributed by atoms with E-state index < -0.39 is 0 Å². The van der Waals surface area contributed by atoms with Gasteiger partial charge in [0.2, 0.25) is 5.91 Å². The van der Waals surface area contributed by atoms with Crippen molar-refractivity contribution in [3.05, 3.63) is 54.1 Å². The van der Waals surface area contributed by atoms with Crippen LogP contribution in [0.4, 0.5) is 11.4 Å². The molecule has 24 heavy (non-hydrogen) atoms. The summed E-state index contributed by atoms with van der Waals surface area (Å²) in [5.74, 6) is 0.0890. The number of rotatable bonds is 7. The molecule has 2 amide bonds. The van der Waals surface area contributed by atoms with Gasteiger partial charge in [-0.1, -0.05) is 12.1 Å². The molecule has 2 rings (SSSR count). The van der Waals surface area contributed by atoms with Gasteiger partial charge in [-0.15, -0.1) is 0 Å². The van der Waals surface area contributed by atoms with Crippen molar-refractivity contribution < 1.29 is 19.1 Å². The molecule has 0 atom stereocenters. The van der Waals surface area contributed by atoms with Crippen molar-refractivity contribution in [1.29, 1.82) is 0 Å². The maximum absolute atomic E-state index is 12.4. The van der Waals surface area contributed by atoms with Gasteiger partial charge in [0.1, 0.15) is 12.4 Å². The van der Waals surface area contributed by atoms with Crippen LogP contribution in [0.15, 0.2) is 48.5 Å². The van der Waals surface area contributed by atoms with E-state index in [9.17, 15) is 9.59 Å². The Balaban J connectivity index is 2.05. The van der Waals surface area contributed by atoms with Crippen molar-refractivity contribution in [2.24, 2.45) is 0 Å². The number of amides is 2. The molecule has 126 valence electrons. The minimum absolute atomic E-state index is 0.145. The number of methoxy groups -OCH3 is 1. The Morgan fingerprint density at radius 3 is 2.17 bits per heavy atom. The first-order valence-electron chi connectivity index (χ1n) is 7.50. The lowest BCUT2D eigenvalue weighted by Gasteiger charge is -2.12. The maximum Gasteiger partial charge on any atom is 0.259 e. The standard InChI is InChI=1S/C18H20N2O4/c1-13(21)19-14-7-9-15(10-8-14)20-18(22)16-5-3-4-6-17(16)24-12-11-23-2/h3-10H,11-12H2,1-2H3,(H,19,21)(H,20,22). The second-order valence-electron chi connectivity index (χ2n) is 5.05. The number of carbonyl (C=O) groups is 2. The number of carbonyl (C=O) groups excluding carboxylic acids is 2. The van der Waals surface area contributed by atoms with Gasteiger partial charge in [-0.3, -0.25) is 9.59 Å². The van der Waals surface area contributed by atoms with Crippen molar-refractivity contribution in [3.63, 3.8) is 0 Å². The molecule has 0 unspecified atom stereocenters. The molecule has 0 aromatic heterocycles. The molecule has 0 aliphatic rings. The SMILES string of the molecule is COCCOc1ccccc1C(=O)Nc1ccc(NC(C)=O)cc1. The third kappa shape index (κ3) is 5.10. The Labute approximate surface area is 140 Å². The van der Waals surface area contributed by atoms with E-state index in [0.717, 1.165) is 0 Å². The highest BCUT2D eigenvalue weighted by Crippen LogP contribution is 2.20. The molecule has 0 bridgehead atoms. The van der Waals surface area contributed by atoms with E-state index in [1.807, 2.05) is 0 Å². The normalized spacial score (nSPS) is 10.1. The molecular weight excluding hydrogens is 308 g/mol. The van der Waals surface area contributed by atoms with Crippen LogP contribution in [-0.4, -0.2) is 32.1 Å². The van der Waals surface area contributed by atoms with Gasteiger partial charge in [-0.25, -0.2) is 0 Å². The largest absolute Gasteiger partial charge is 0.490 e. The van der Waals surface area contributed by atoms with Crippen molar-refractivity contribution in [3.8, 4) is 5.75 Å². The van der Waals surface area contributed by atoms with E-state index in [2.05, 4.69) is 10.6 Å². The topological polar surface area (TPSA) is 76.7 Å². The third-order valence-electron chi connectivity index (χ3n) is 3.14. The third-order valence-corrected chi connectivity index (χ3v) is 3.14. The fourth-order valence-corrected chi connectivity index (χ4v) is 2.05. The summed E-state index contributed by atoms with van der Waals surface area (Å²) in [4.78, 5) is 23.4. The molecule has 2 N–H and O–H groups in total. The first-order chi connectivity index (χ1) is 11.6. The number of para-hydroxylation sites is 1. The average molecular weight is 328 g/mol. The Hall–Kier alpha value is -2.86. The molecule has 6 nitrogen and oxygen atoms in total. The molecule has 2 aromatic rings. The van der Waals surface area contributed by atoms with Gasteiger partial charge < -0.3 is 20.1 Å². The molecule has 0 radical (unpaired) electrons. The fraction of sp³-hybridized carbons (Fsp3) is 0.222. The number of ether oxygens (including phenoxy) is 2. The van der Waals surface area contributed by atoms with Crippen molar-refractivity contribution in [2.45, 2.75) is 6.92 Å². The predicted octanol–water partition coefficient (Wildman–Crippen LogP) is 2.92. The second-order valence-corrected chi connectivity index (χ2v) is 5.05. The first kappa shape index (κ1) is 17.5. The summed E-state index contributed by atoms with van der Waals surface area (Å²) in [7, 11) is 1.59. The summed E-state index contributed by atoms with van der Waals surface area (Å²) in [6.07, 6.45) is 0. The maximum atomic E-state index is 12.4. The predicted molar refractivity (Wildman–Crippen MR) is 92.5 cm³/mol. The van der Waals surface area contributed by atoms with E-state index in [1.165, 1.54) is 6.92 Å². The van der Waals surface area contributed by atoms with Crippen LogP contribution >= 0.6 is 0 Å². The minimum Gasteiger partial charge on any atom is -0.490 e. The summed E-state index contributed by atoms with van der Waals surface area (Å²) in [5, 5.41) is 5.48. The Morgan fingerprint density at radius 2 is 1.54 bits per heavy atom. The van der Waals surface area contributed by atoms with E-state index >= 15 is 0 Å². The van der Waals surface area contributed by atoms with Crippen LogP contribution in [0, 0.1) is 0 Å². The molecule has 0 aliphatic carbocycles. The summed E-state index contributed by atoms with van der Waals surface area (Å²) in [5.41, 5.74) is 1.74. The zero-order valence-electron chi connectivity index (χ0n) is 13.7. The molecule has 0 saturated carbocycles. The minimum atomic E-state index is -0.268. The summed E-state index contributed by atoms with van der Waals surface area (Å²) in [6, 6.07) is 13.9. The summed E-state index contributed by atoms with van der Waals surface area (Å²) in [6.45, 7) is 2.25. The van der Waals surface area contributed by atoms with Gasteiger partial charge in [0.05, 0.1) is 12.2 Å². The second kappa shape index (κ2) is 8.69. The summed E-state index contributed by atoms with van der Waals surface area (Å²) < 4.78 is 10.5. The van der Waals surface area contributed by atoms with E-state index in [-0.39, 0.29) is 11.8 Å². The van der Waals surface area contributed by atoms with Crippen LogP contribution in [0.2, 0.25) is 0 Å². The average Bonchev–Trinajstić information content (AvgIpc) is 2.57. The van der Waals surface area contributed by atoms with Crippen molar-refractivity contribution in [2.75, 3.05) is 31.0 Å². The van der Waals surface area contributed by atoms with Gasteiger partial charge in [-0.05, 0) is 36.4 Å². The van der Waals surface area contributed by atoms with Gasteiger partial charge in [0, 0.05) is 25.4 Å². The molecule has 0 aliphatic heterocycles. The Bertz CT molecular complexity index is 698. The van der Waals surface area contributed by atoms with Gasteiger partial charge >= 0.3 is 0 Å². The number of anilines is 2. The molecule has 2 aromatic carbocycles. The smallest absolute Gasteiger partial charge is 0.259 e. The number of nitrogens with one attached hydrogen (secondary N) is 2. The molecule has 0 fully saturated rings. The van der Waals surface area contributed by atoms with Gasteiger partial charge in [0.25, 0.3) is 5.91 Å². The quantitative estimate of drug-likeness (QED) is 0.766. The molecule has 6 heteroatoms. The zero-order valence-corrected chi connectivity index (χ0v) is 13.7. The lowest BCUT2D eigenvalue weighted by molar-refractivity contribution is -0.114. The fourth-order valence-electron chi connectivity index (χ4n) is 2.05. The highest BCUT2D eigenvalue weighted by Gasteiger charge is 2.12. The van der Waals surface area contributed by atoms with Crippen LogP contribution in [-0.2, 0) is 9.53 Å². The summed E-state index contributed by atoms with van der Waals surface area (Å²) >= 11 is 0. The van der Waals surface area contributed by atoms with E-state index in [0.29, 0.717) is 35.9 Å². The van der Waals surface area contributed by atoms with Crippen LogP contribution in [0.3, 0.4) is 0 Å². The highest BCUT2D eigenvalue weighted by atomic mass is 16.5. The lowest BCUT2D eigenvalue weighted by Crippen LogP contribution is -2.15. The van der Waals surface area contributed by atoms with Gasteiger partial charge in [-0.2, -0.15) is 0 Å². The van der Waals surface area contributed by atoms with E-state index in [1.54, 1.807) is 55.6 Å². The molecule has 0 saturated heterocycles. The van der Waals surface area contributed by atoms with Crippen LogP contribution in [0.5, 0.6) is 5.75 Å². The number of benzene rings is 2. The van der Waals surface area contributed by atoms with Crippen LogP contribution in [0.25, 0.3) is 0 Å². The van der Waals surface area contributed by atoms with Crippen molar-refractivity contribution >= 4 is 23.2 Å².